The van der Waals surface area contributed by atoms with E-state index in [1.165, 1.54) is 135 Å². The third-order valence-electron chi connectivity index (χ3n) is 10.0. The van der Waals surface area contributed by atoms with E-state index in [1.807, 2.05) is 6.08 Å². The van der Waals surface area contributed by atoms with E-state index in [9.17, 15) is 14.2 Å². The number of hydrogen-bond acceptors (Lipinski definition) is 6. The minimum Gasteiger partial charge on any atom is -0.462 e. The smallest absolute Gasteiger partial charge is 0.462 e. The van der Waals surface area contributed by atoms with Gasteiger partial charge in [-0.2, -0.15) is 0 Å². The van der Waals surface area contributed by atoms with Gasteiger partial charge >= 0.3 is 19.8 Å². The van der Waals surface area contributed by atoms with Crippen molar-refractivity contribution in [2.45, 2.75) is 225 Å². The van der Waals surface area contributed by atoms with Gasteiger partial charge < -0.3 is 19.3 Å². The highest BCUT2D eigenvalue weighted by molar-refractivity contribution is 7.46. The molecule has 2 N–H and O–H groups in total. The van der Waals surface area contributed by atoms with E-state index in [1.54, 1.807) is 0 Å². The van der Waals surface area contributed by atoms with Crippen molar-refractivity contribution in [1.29, 1.82) is 0 Å². The normalized spacial score (nSPS) is 13.0. The Morgan fingerprint density at radius 3 is 1.22 bits per heavy atom. The van der Waals surface area contributed by atoms with Crippen LogP contribution in [0.1, 0.15) is 219 Å². The van der Waals surface area contributed by atoms with Gasteiger partial charge in [0.2, 0.25) is 0 Å². The Kier molecular flexibility index (Phi) is 42.6. The van der Waals surface area contributed by atoms with E-state index in [0.717, 1.165) is 44.9 Å². The van der Waals surface area contributed by atoms with Crippen molar-refractivity contribution >= 4 is 19.8 Å². The van der Waals surface area contributed by atoms with Gasteiger partial charge in [0, 0.05) is 12.8 Å². The van der Waals surface area contributed by atoms with Crippen LogP contribution in [0.5, 0.6) is 0 Å². The van der Waals surface area contributed by atoms with E-state index >= 15 is 0 Å². The molecule has 8 nitrogen and oxygen atoms in total. The second-order valence-corrected chi connectivity index (χ2v) is 17.0. The Bertz CT molecular complexity index is 1120. The summed E-state index contributed by atoms with van der Waals surface area (Å²) in [6.45, 7) is 3.65. The topological polar surface area (TPSA) is 119 Å². The molecule has 1 atom stereocenters. The summed E-state index contributed by atoms with van der Waals surface area (Å²) < 4.78 is 26.4. The fraction of sp³-hybridized carbons (Fsp3) is 0.755. The Labute approximate surface area is 356 Å². The molecule has 0 aromatic rings. The number of esters is 2. The van der Waals surface area contributed by atoms with E-state index < -0.39 is 32.5 Å². The maximum Gasteiger partial charge on any atom is 0.469 e. The van der Waals surface area contributed by atoms with Gasteiger partial charge in [0.15, 0.2) is 6.10 Å². The third-order valence-corrected chi connectivity index (χ3v) is 10.5. The largest absolute Gasteiger partial charge is 0.469 e. The summed E-state index contributed by atoms with van der Waals surface area (Å²) in [5.74, 6) is -0.950. The van der Waals surface area contributed by atoms with Crippen molar-refractivity contribution in [3.63, 3.8) is 0 Å². The molecule has 9 heteroatoms. The molecule has 0 aromatic heterocycles. The number of unbranched alkanes of at least 4 members (excludes halogenated alkanes) is 23. The first-order valence-corrected chi connectivity index (χ1v) is 25.1. The molecule has 0 aliphatic carbocycles. The first-order chi connectivity index (χ1) is 28.3. The predicted octanol–water partition coefficient (Wildman–Crippen LogP) is 14.9. The highest BCUT2D eigenvalue weighted by atomic mass is 31.2. The lowest BCUT2D eigenvalue weighted by Gasteiger charge is -2.18. The maximum absolute atomic E-state index is 12.4. The number of phosphoric ester groups is 1. The van der Waals surface area contributed by atoms with Crippen LogP contribution in [-0.4, -0.2) is 41.0 Å². The minimum atomic E-state index is -4.77. The fourth-order valence-corrected chi connectivity index (χ4v) is 6.84. The van der Waals surface area contributed by atoms with Crippen molar-refractivity contribution in [3.8, 4) is 0 Å². The lowest BCUT2D eigenvalue weighted by molar-refractivity contribution is -0.161. The van der Waals surface area contributed by atoms with Crippen LogP contribution in [-0.2, 0) is 28.2 Å². The van der Waals surface area contributed by atoms with Crippen LogP contribution >= 0.6 is 7.82 Å². The predicted molar refractivity (Wildman–Crippen MR) is 244 cm³/mol. The molecular weight excluding hydrogens is 748 g/mol. The van der Waals surface area contributed by atoms with Crippen LogP contribution in [0.2, 0.25) is 0 Å². The highest BCUT2D eigenvalue weighted by Gasteiger charge is 2.22. The zero-order chi connectivity index (χ0) is 42.5. The van der Waals surface area contributed by atoms with E-state index in [0.29, 0.717) is 12.8 Å². The molecule has 0 aromatic carbocycles. The van der Waals surface area contributed by atoms with E-state index in [4.69, 9.17) is 19.3 Å². The molecule has 58 heavy (non-hydrogen) atoms. The van der Waals surface area contributed by atoms with Crippen molar-refractivity contribution in [1.82, 2.24) is 0 Å². The number of phosphoric acid groups is 1. The summed E-state index contributed by atoms with van der Waals surface area (Å²) in [7, 11) is -4.77. The number of carbonyl (C=O) groups is 2. The number of carbonyl (C=O) groups excluding carboxylic acids is 2. The molecule has 336 valence electrons. The van der Waals surface area contributed by atoms with Crippen molar-refractivity contribution < 1.29 is 37.9 Å². The zero-order valence-electron chi connectivity index (χ0n) is 37.2. The average Bonchev–Trinajstić information content (AvgIpc) is 3.20. The molecule has 0 bridgehead atoms. The molecular formula is C49H87O8P. The molecule has 0 radical (unpaired) electrons. The summed E-state index contributed by atoms with van der Waals surface area (Å²) in [4.78, 5) is 43.0. The van der Waals surface area contributed by atoms with Crippen LogP contribution in [0.15, 0.2) is 60.8 Å². The lowest BCUT2D eigenvalue weighted by Crippen LogP contribution is -2.29. The Balaban J connectivity index is 3.97. The molecule has 0 aliphatic rings. The number of ether oxygens (including phenoxy) is 2. The third kappa shape index (κ3) is 46.4. The van der Waals surface area contributed by atoms with Crippen LogP contribution in [0, 0.1) is 0 Å². The standard InChI is InChI=1S/C49H87O8P/c1-3-5-7-9-11-13-15-17-19-21-23-24-26-27-29-31-33-35-37-39-41-43-48(50)55-45-47(46-56-58(52,53)54)57-49(51)44-42-40-38-36-34-32-30-28-25-22-20-18-16-14-12-10-8-6-4-2/h18-21,24,26,29,31,35,37,47H,3-17,22-23,25,27-28,30,32-34,36,38-46H2,1-2H3,(H2,52,53,54)/b20-18+,21-19+,26-24+,31-29+,37-35+/t47-/m1/s1. The molecule has 0 saturated heterocycles. The zero-order valence-corrected chi connectivity index (χ0v) is 38.1. The molecule has 0 heterocycles. The Morgan fingerprint density at radius 2 is 0.793 bits per heavy atom. The second-order valence-electron chi connectivity index (χ2n) is 15.7. The first-order valence-electron chi connectivity index (χ1n) is 23.6. The molecule has 0 fully saturated rings. The van der Waals surface area contributed by atoms with Crippen LogP contribution in [0.4, 0.5) is 0 Å². The van der Waals surface area contributed by atoms with Crippen molar-refractivity contribution in [3.05, 3.63) is 60.8 Å². The monoisotopic (exact) mass is 835 g/mol. The Morgan fingerprint density at radius 1 is 0.448 bits per heavy atom. The van der Waals surface area contributed by atoms with Crippen LogP contribution in [0.25, 0.3) is 0 Å². The Hall–Kier alpha value is -2.25. The van der Waals surface area contributed by atoms with Gasteiger partial charge in [0.1, 0.15) is 6.61 Å². The van der Waals surface area contributed by atoms with Crippen molar-refractivity contribution in [2.75, 3.05) is 13.2 Å². The van der Waals surface area contributed by atoms with E-state index in [-0.39, 0.29) is 19.4 Å². The summed E-state index contributed by atoms with van der Waals surface area (Å²) in [5, 5.41) is 0. The van der Waals surface area contributed by atoms with Crippen molar-refractivity contribution in [2.24, 2.45) is 0 Å². The summed E-state index contributed by atoms with van der Waals surface area (Å²) in [6.07, 6.45) is 56.7. The summed E-state index contributed by atoms with van der Waals surface area (Å²) in [6, 6.07) is 0. The first kappa shape index (κ1) is 55.8. The van der Waals surface area contributed by atoms with Gasteiger partial charge in [-0.15, -0.1) is 0 Å². The van der Waals surface area contributed by atoms with Crippen LogP contribution in [0.3, 0.4) is 0 Å². The fourth-order valence-electron chi connectivity index (χ4n) is 6.48. The number of hydrogen-bond donors (Lipinski definition) is 2. The van der Waals surface area contributed by atoms with Crippen LogP contribution < -0.4 is 0 Å². The summed E-state index contributed by atoms with van der Waals surface area (Å²) >= 11 is 0. The van der Waals surface area contributed by atoms with Gasteiger partial charge in [0.25, 0.3) is 0 Å². The quantitative estimate of drug-likeness (QED) is 0.0270. The number of allylic oxidation sites excluding steroid dienone is 10. The van der Waals surface area contributed by atoms with Gasteiger partial charge in [-0.3, -0.25) is 14.1 Å². The van der Waals surface area contributed by atoms with Gasteiger partial charge in [-0.25, -0.2) is 4.57 Å². The molecule has 0 rings (SSSR count). The van der Waals surface area contributed by atoms with Gasteiger partial charge in [-0.1, -0.05) is 190 Å². The molecule has 0 spiro atoms. The molecule has 0 aliphatic heterocycles. The maximum atomic E-state index is 12.4. The van der Waals surface area contributed by atoms with Gasteiger partial charge in [-0.05, 0) is 77.0 Å². The minimum absolute atomic E-state index is 0.190. The molecule has 0 unspecified atom stereocenters. The molecule has 0 saturated carbocycles. The number of rotatable bonds is 43. The average molecular weight is 835 g/mol. The SMILES string of the molecule is CCCCCCCC/C=C/CCCCCCCCCCCC(=O)O[C@H](COC(=O)CCC/C=C/C/C=C/C/C=C/C/C=C/CCCCCCCCC)COP(=O)(O)O. The summed E-state index contributed by atoms with van der Waals surface area (Å²) in [5.41, 5.74) is 0. The lowest BCUT2D eigenvalue weighted by atomic mass is 10.1. The molecule has 0 amide bonds. The second kappa shape index (κ2) is 44.3. The van der Waals surface area contributed by atoms with E-state index in [2.05, 4.69) is 73.1 Å². The van der Waals surface area contributed by atoms with Gasteiger partial charge in [0.05, 0.1) is 6.61 Å². The highest BCUT2D eigenvalue weighted by Crippen LogP contribution is 2.36.